The van der Waals surface area contributed by atoms with Gasteiger partial charge in [-0.1, -0.05) is 56.9 Å². The second-order valence-corrected chi connectivity index (χ2v) is 7.51. The van der Waals surface area contributed by atoms with Crippen molar-refractivity contribution in [3.63, 3.8) is 0 Å². The van der Waals surface area contributed by atoms with Gasteiger partial charge >= 0.3 is 0 Å². The maximum Gasteiger partial charge on any atom is 0.220 e. The zero-order valence-corrected chi connectivity index (χ0v) is 17.9. The monoisotopic (exact) mass is 405 g/mol. The van der Waals surface area contributed by atoms with Crippen LogP contribution in [0.25, 0.3) is 22.6 Å². The van der Waals surface area contributed by atoms with E-state index in [-0.39, 0.29) is 5.91 Å². The molecule has 0 spiro atoms. The fourth-order valence-corrected chi connectivity index (χ4v) is 3.34. The Morgan fingerprint density at radius 2 is 1.67 bits per heavy atom. The summed E-state index contributed by atoms with van der Waals surface area (Å²) in [5, 5.41) is 3.01. The third kappa shape index (κ3) is 6.21. The first-order chi connectivity index (χ1) is 14.7. The van der Waals surface area contributed by atoms with Crippen molar-refractivity contribution in [1.29, 1.82) is 0 Å². The van der Waals surface area contributed by atoms with Crippen molar-refractivity contribution in [3.05, 3.63) is 60.3 Å². The number of aromatic amines is 1. The van der Waals surface area contributed by atoms with Gasteiger partial charge in [-0.05, 0) is 41.8 Å². The zero-order valence-electron chi connectivity index (χ0n) is 17.9. The topological polar surface area (TPSA) is 67.0 Å². The van der Waals surface area contributed by atoms with Crippen LogP contribution < -0.4 is 10.1 Å². The fourth-order valence-electron chi connectivity index (χ4n) is 3.34. The van der Waals surface area contributed by atoms with Crippen LogP contribution in [0, 0.1) is 0 Å². The number of H-pyrrole nitrogens is 1. The van der Waals surface area contributed by atoms with E-state index in [4.69, 9.17) is 4.74 Å². The summed E-state index contributed by atoms with van der Waals surface area (Å²) in [4.78, 5) is 19.9. The van der Waals surface area contributed by atoms with E-state index in [2.05, 4.69) is 22.2 Å². The van der Waals surface area contributed by atoms with E-state index < -0.39 is 0 Å². The maximum atomic E-state index is 12.0. The van der Waals surface area contributed by atoms with E-state index in [1.165, 1.54) is 19.3 Å². The van der Waals surface area contributed by atoms with Gasteiger partial charge in [0.2, 0.25) is 5.91 Å². The third-order valence-electron chi connectivity index (χ3n) is 5.20. The van der Waals surface area contributed by atoms with Gasteiger partial charge < -0.3 is 15.0 Å². The molecule has 5 nitrogen and oxygen atoms in total. The lowest BCUT2D eigenvalue weighted by molar-refractivity contribution is -0.121. The van der Waals surface area contributed by atoms with Crippen LogP contribution in [0.3, 0.4) is 0 Å². The van der Waals surface area contributed by atoms with E-state index >= 15 is 0 Å². The highest BCUT2D eigenvalue weighted by Gasteiger charge is 2.07. The van der Waals surface area contributed by atoms with Crippen LogP contribution in [-0.4, -0.2) is 23.0 Å². The Bertz CT molecular complexity index is 914. The van der Waals surface area contributed by atoms with Crippen LogP contribution in [0.2, 0.25) is 0 Å². The number of ether oxygens (including phenoxy) is 1. The van der Waals surface area contributed by atoms with Crippen molar-refractivity contribution in [2.45, 2.75) is 52.0 Å². The van der Waals surface area contributed by atoms with Crippen molar-refractivity contribution >= 4 is 5.91 Å². The second kappa shape index (κ2) is 11.2. The lowest BCUT2D eigenvalue weighted by Gasteiger charge is -2.06. The van der Waals surface area contributed by atoms with Gasteiger partial charge in [0.15, 0.2) is 0 Å². The molecule has 2 N–H and O–H groups in total. The number of methoxy groups -OCH3 is 1. The standard InChI is InChI=1S/C25H31N3O2/c1-3-4-5-6-7-8-24(29)26-17-19-9-11-21(12-10-19)25-27-18-23(28-25)20-13-15-22(30-2)16-14-20/h9-16,18H,3-8,17H2,1-2H3,(H,26,29)(H,27,28). The molecule has 5 heteroatoms. The number of carbonyl (C=O) groups excluding carboxylic acids is 1. The minimum atomic E-state index is 0.130. The number of aromatic nitrogens is 2. The molecule has 0 bridgehead atoms. The largest absolute Gasteiger partial charge is 0.497 e. The minimum Gasteiger partial charge on any atom is -0.497 e. The van der Waals surface area contributed by atoms with Crippen LogP contribution >= 0.6 is 0 Å². The van der Waals surface area contributed by atoms with Crippen LogP contribution in [0.15, 0.2) is 54.7 Å². The maximum absolute atomic E-state index is 12.0. The molecule has 1 aromatic heterocycles. The molecule has 0 atom stereocenters. The van der Waals surface area contributed by atoms with Gasteiger partial charge in [0.25, 0.3) is 0 Å². The third-order valence-corrected chi connectivity index (χ3v) is 5.20. The minimum absolute atomic E-state index is 0.130. The summed E-state index contributed by atoms with van der Waals surface area (Å²) in [5.41, 5.74) is 4.12. The molecular weight excluding hydrogens is 374 g/mol. The van der Waals surface area contributed by atoms with Gasteiger partial charge in [-0.25, -0.2) is 4.98 Å². The molecule has 30 heavy (non-hydrogen) atoms. The predicted molar refractivity (Wildman–Crippen MR) is 121 cm³/mol. The Balaban J connectivity index is 1.51. The van der Waals surface area contributed by atoms with E-state index in [0.717, 1.165) is 46.8 Å². The van der Waals surface area contributed by atoms with Gasteiger partial charge in [-0.2, -0.15) is 0 Å². The Morgan fingerprint density at radius 3 is 2.37 bits per heavy atom. The van der Waals surface area contributed by atoms with E-state index in [1.54, 1.807) is 7.11 Å². The van der Waals surface area contributed by atoms with Crippen molar-refractivity contribution in [3.8, 4) is 28.4 Å². The summed E-state index contributed by atoms with van der Waals surface area (Å²) in [6.07, 6.45) is 8.26. The van der Waals surface area contributed by atoms with Gasteiger partial charge in [-0.15, -0.1) is 0 Å². The van der Waals surface area contributed by atoms with Gasteiger partial charge in [0.1, 0.15) is 11.6 Å². The van der Waals surface area contributed by atoms with Crippen molar-refractivity contribution in [2.24, 2.45) is 0 Å². The molecule has 0 aliphatic heterocycles. The zero-order chi connectivity index (χ0) is 21.2. The molecule has 0 aliphatic carbocycles. The molecule has 158 valence electrons. The molecule has 0 aliphatic rings. The number of nitrogens with zero attached hydrogens (tertiary/aromatic N) is 1. The number of rotatable bonds is 11. The quantitative estimate of drug-likeness (QED) is 0.400. The average Bonchev–Trinajstić information content (AvgIpc) is 3.28. The van der Waals surface area contributed by atoms with E-state index in [0.29, 0.717) is 13.0 Å². The molecule has 0 fully saturated rings. The first-order valence-electron chi connectivity index (χ1n) is 10.7. The lowest BCUT2D eigenvalue weighted by atomic mass is 10.1. The number of hydrogen-bond acceptors (Lipinski definition) is 3. The number of imidazole rings is 1. The van der Waals surface area contributed by atoms with Crippen molar-refractivity contribution in [2.75, 3.05) is 7.11 Å². The molecule has 3 rings (SSSR count). The highest BCUT2D eigenvalue weighted by molar-refractivity contribution is 5.75. The van der Waals surface area contributed by atoms with Gasteiger partial charge in [0, 0.05) is 18.5 Å². The normalized spacial score (nSPS) is 10.7. The number of benzene rings is 2. The molecule has 0 saturated carbocycles. The number of hydrogen-bond donors (Lipinski definition) is 2. The van der Waals surface area contributed by atoms with Crippen LogP contribution in [0.5, 0.6) is 5.75 Å². The van der Waals surface area contributed by atoms with Crippen LogP contribution in [0.1, 0.15) is 51.0 Å². The van der Waals surface area contributed by atoms with E-state index in [1.807, 2.05) is 54.7 Å². The summed E-state index contributed by atoms with van der Waals surface area (Å²) >= 11 is 0. The predicted octanol–water partition coefficient (Wildman–Crippen LogP) is 5.73. The lowest BCUT2D eigenvalue weighted by Crippen LogP contribution is -2.22. The van der Waals surface area contributed by atoms with Crippen molar-refractivity contribution < 1.29 is 9.53 Å². The van der Waals surface area contributed by atoms with Crippen LogP contribution in [-0.2, 0) is 11.3 Å². The summed E-state index contributed by atoms with van der Waals surface area (Å²) in [6, 6.07) is 16.0. The number of nitrogens with one attached hydrogen (secondary N) is 2. The second-order valence-electron chi connectivity index (χ2n) is 7.51. The molecule has 0 saturated heterocycles. The van der Waals surface area contributed by atoms with Crippen molar-refractivity contribution in [1.82, 2.24) is 15.3 Å². The Hall–Kier alpha value is -3.08. The highest BCUT2D eigenvalue weighted by Crippen LogP contribution is 2.24. The first-order valence-corrected chi connectivity index (χ1v) is 10.7. The summed E-state index contributed by atoms with van der Waals surface area (Å²) < 4.78 is 5.21. The molecule has 0 radical (unpaired) electrons. The molecule has 1 heterocycles. The van der Waals surface area contributed by atoms with Gasteiger partial charge in [0.05, 0.1) is 19.0 Å². The highest BCUT2D eigenvalue weighted by atomic mass is 16.5. The van der Waals surface area contributed by atoms with E-state index in [9.17, 15) is 4.79 Å². The summed E-state index contributed by atoms with van der Waals surface area (Å²) in [5.74, 6) is 1.78. The smallest absolute Gasteiger partial charge is 0.220 e. The molecule has 3 aromatic rings. The van der Waals surface area contributed by atoms with Crippen LogP contribution in [0.4, 0.5) is 0 Å². The Labute approximate surface area is 178 Å². The summed E-state index contributed by atoms with van der Waals surface area (Å²) in [6.45, 7) is 2.76. The average molecular weight is 406 g/mol. The number of carbonyl (C=O) groups is 1. The molecule has 0 unspecified atom stereocenters. The first kappa shape index (κ1) is 21.6. The molecular formula is C25H31N3O2. The Morgan fingerprint density at radius 1 is 0.967 bits per heavy atom. The van der Waals surface area contributed by atoms with Gasteiger partial charge in [-0.3, -0.25) is 4.79 Å². The fraction of sp³-hybridized carbons (Fsp3) is 0.360. The molecule has 1 amide bonds. The Kier molecular flexibility index (Phi) is 8.07. The SMILES string of the molecule is CCCCCCCC(=O)NCc1ccc(-c2ncc(-c3ccc(OC)cc3)[nH]2)cc1. The molecule has 2 aromatic carbocycles. The number of unbranched alkanes of at least 4 members (excludes halogenated alkanes) is 4. The number of amides is 1. The summed E-state index contributed by atoms with van der Waals surface area (Å²) in [7, 11) is 1.66.